The summed E-state index contributed by atoms with van der Waals surface area (Å²) in [5.41, 5.74) is -0.642. The molecule has 1 atom stereocenters. The smallest absolute Gasteiger partial charge is 0.410 e. The topological polar surface area (TPSA) is 80.6 Å². The second-order valence-electron chi connectivity index (χ2n) is 10.8. The maximum atomic E-state index is 14.2. The molecule has 1 fully saturated rings. The van der Waals surface area contributed by atoms with E-state index in [1.807, 2.05) is 24.3 Å². The molecule has 1 aliphatic heterocycles. The van der Waals surface area contributed by atoms with Crippen LogP contribution in [0.2, 0.25) is 0 Å². The van der Waals surface area contributed by atoms with Gasteiger partial charge in [-0.1, -0.05) is 34.1 Å². The van der Waals surface area contributed by atoms with Gasteiger partial charge in [-0.2, -0.15) is 0 Å². The summed E-state index contributed by atoms with van der Waals surface area (Å²) in [5, 5.41) is 2.90. The van der Waals surface area contributed by atoms with Crippen molar-refractivity contribution in [1.29, 1.82) is 0 Å². The fourth-order valence-electron chi connectivity index (χ4n) is 4.63. The number of anilines is 1. The lowest BCUT2D eigenvalue weighted by molar-refractivity contribution is -0.125. The molecule has 1 aliphatic rings. The Labute approximate surface area is 233 Å². The molecule has 2 aromatic carbocycles. The molecular formula is C29H30BrF2N3O4. The van der Waals surface area contributed by atoms with Crippen LogP contribution in [0.15, 0.2) is 70.1 Å². The zero-order chi connectivity index (χ0) is 28.4. The summed E-state index contributed by atoms with van der Waals surface area (Å²) in [4.78, 5) is 40.6. The lowest BCUT2D eigenvalue weighted by atomic mass is 9.79. The van der Waals surface area contributed by atoms with E-state index in [1.165, 1.54) is 29.0 Å². The Morgan fingerprint density at radius 1 is 1.10 bits per heavy atom. The predicted molar refractivity (Wildman–Crippen MR) is 147 cm³/mol. The first-order valence-corrected chi connectivity index (χ1v) is 13.3. The highest BCUT2D eigenvalue weighted by Crippen LogP contribution is 2.37. The van der Waals surface area contributed by atoms with E-state index in [1.54, 1.807) is 25.7 Å². The van der Waals surface area contributed by atoms with Crippen molar-refractivity contribution in [3.63, 3.8) is 0 Å². The Balaban J connectivity index is 1.59. The van der Waals surface area contributed by atoms with Crippen LogP contribution in [0.25, 0.3) is 0 Å². The van der Waals surface area contributed by atoms with Crippen LogP contribution in [0.3, 0.4) is 0 Å². The molecule has 3 aromatic rings. The Morgan fingerprint density at radius 2 is 1.87 bits per heavy atom. The molecule has 1 saturated heterocycles. The molecule has 0 spiro atoms. The Bertz CT molecular complexity index is 1450. The zero-order valence-corrected chi connectivity index (χ0v) is 23.6. The lowest BCUT2D eigenvalue weighted by Gasteiger charge is -2.29. The highest BCUT2D eigenvalue weighted by molar-refractivity contribution is 9.10. The number of ether oxygens (including phenoxy) is 1. The molecule has 4 rings (SSSR count). The number of carbonyl (C=O) groups excluding carboxylic acids is 2. The molecule has 206 valence electrons. The van der Waals surface area contributed by atoms with E-state index in [2.05, 4.69) is 21.2 Å². The number of amides is 2. The average Bonchev–Trinajstić information content (AvgIpc) is 3.27. The SMILES string of the molecule is CC(C)(C)OC(=O)N1CCC(Cc2cccc(Br)c2)(C(=O)Nc2ccc(=O)n(Cc3ccc(F)cc3F)c2)C1. The minimum absolute atomic E-state index is 0.135. The van der Waals surface area contributed by atoms with Crippen LogP contribution in [-0.4, -0.2) is 40.2 Å². The van der Waals surface area contributed by atoms with Crippen molar-refractivity contribution in [3.05, 3.63) is 98.4 Å². The highest BCUT2D eigenvalue weighted by atomic mass is 79.9. The summed E-state index contributed by atoms with van der Waals surface area (Å²) in [5.74, 6) is -1.79. The molecule has 10 heteroatoms. The molecule has 1 N–H and O–H groups in total. The Hall–Kier alpha value is -3.53. The first kappa shape index (κ1) is 28.5. The zero-order valence-electron chi connectivity index (χ0n) is 22.0. The van der Waals surface area contributed by atoms with E-state index in [-0.39, 0.29) is 24.6 Å². The number of hydrogen-bond acceptors (Lipinski definition) is 4. The van der Waals surface area contributed by atoms with Gasteiger partial charge in [0, 0.05) is 41.5 Å². The average molecular weight is 602 g/mol. The maximum absolute atomic E-state index is 14.2. The van der Waals surface area contributed by atoms with E-state index in [0.717, 1.165) is 22.2 Å². The van der Waals surface area contributed by atoms with E-state index in [4.69, 9.17) is 4.74 Å². The van der Waals surface area contributed by atoms with Crippen LogP contribution >= 0.6 is 15.9 Å². The quantitative estimate of drug-likeness (QED) is 0.390. The molecule has 2 heterocycles. The van der Waals surface area contributed by atoms with Crippen molar-refractivity contribution in [1.82, 2.24) is 9.47 Å². The van der Waals surface area contributed by atoms with Gasteiger partial charge in [0.15, 0.2) is 0 Å². The van der Waals surface area contributed by atoms with Gasteiger partial charge in [0.05, 0.1) is 17.6 Å². The second-order valence-corrected chi connectivity index (χ2v) is 11.7. The van der Waals surface area contributed by atoms with Gasteiger partial charge in [-0.3, -0.25) is 9.59 Å². The molecule has 7 nitrogen and oxygen atoms in total. The van der Waals surface area contributed by atoms with E-state index < -0.39 is 34.3 Å². The van der Waals surface area contributed by atoms with Crippen LogP contribution in [0.1, 0.15) is 38.3 Å². The third-order valence-corrected chi connectivity index (χ3v) is 7.01. The van der Waals surface area contributed by atoms with Crippen LogP contribution in [0, 0.1) is 17.0 Å². The largest absolute Gasteiger partial charge is 0.444 e. The third kappa shape index (κ3) is 7.11. The number of hydrogen-bond donors (Lipinski definition) is 1. The van der Waals surface area contributed by atoms with E-state index >= 15 is 0 Å². The predicted octanol–water partition coefficient (Wildman–Crippen LogP) is 5.75. The number of aromatic nitrogens is 1. The molecule has 39 heavy (non-hydrogen) atoms. The summed E-state index contributed by atoms with van der Waals surface area (Å²) in [6, 6.07) is 13.5. The fourth-order valence-corrected chi connectivity index (χ4v) is 5.07. The standard InChI is InChI=1S/C29H30BrF2N3O4/c1-28(2,3)39-27(38)34-12-11-29(18-34,15-19-5-4-6-21(30)13-19)26(37)33-23-9-10-25(36)35(17-23)16-20-7-8-22(31)14-24(20)32/h4-10,13-14,17H,11-12,15-16,18H2,1-3H3,(H,33,37). The van der Waals surface area contributed by atoms with Gasteiger partial charge in [0.1, 0.15) is 17.2 Å². The molecule has 0 radical (unpaired) electrons. The number of carbonyl (C=O) groups is 2. The maximum Gasteiger partial charge on any atom is 0.410 e. The summed E-state index contributed by atoms with van der Waals surface area (Å²) in [6.07, 6.45) is 1.72. The van der Waals surface area contributed by atoms with Gasteiger partial charge in [-0.25, -0.2) is 13.6 Å². The van der Waals surface area contributed by atoms with Crippen LogP contribution in [0.5, 0.6) is 0 Å². The van der Waals surface area contributed by atoms with Crippen LogP contribution < -0.4 is 10.9 Å². The van der Waals surface area contributed by atoms with Crippen LogP contribution in [0.4, 0.5) is 19.3 Å². The molecular weight excluding hydrogens is 572 g/mol. The van der Waals surface area contributed by atoms with Crippen molar-refractivity contribution < 1.29 is 23.1 Å². The number of halogens is 3. The minimum Gasteiger partial charge on any atom is -0.444 e. The molecule has 2 amide bonds. The second kappa shape index (κ2) is 11.3. The molecule has 0 bridgehead atoms. The summed E-state index contributed by atoms with van der Waals surface area (Å²) < 4.78 is 35.2. The first-order chi connectivity index (χ1) is 18.3. The monoisotopic (exact) mass is 601 g/mol. The van der Waals surface area contributed by atoms with E-state index in [9.17, 15) is 23.2 Å². The summed E-state index contributed by atoms with van der Waals surface area (Å²) >= 11 is 3.47. The van der Waals surface area contributed by atoms with Gasteiger partial charge in [-0.15, -0.1) is 0 Å². The van der Waals surface area contributed by atoms with Crippen molar-refractivity contribution in [2.24, 2.45) is 5.41 Å². The normalized spacial score (nSPS) is 17.2. The van der Waals surface area contributed by atoms with Gasteiger partial charge >= 0.3 is 6.09 Å². The number of benzene rings is 2. The van der Waals surface area contributed by atoms with Crippen molar-refractivity contribution in [3.8, 4) is 0 Å². The minimum atomic E-state index is -0.957. The Morgan fingerprint density at radius 3 is 2.56 bits per heavy atom. The van der Waals surface area contributed by atoms with E-state index in [0.29, 0.717) is 25.1 Å². The number of pyridine rings is 1. The number of rotatable bonds is 6. The number of nitrogens with one attached hydrogen (secondary N) is 1. The van der Waals surface area contributed by atoms with Gasteiger partial charge in [0.2, 0.25) is 5.91 Å². The molecule has 0 saturated carbocycles. The van der Waals surface area contributed by atoms with Crippen LogP contribution in [-0.2, 0) is 22.5 Å². The lowest BCUT2D eigenvalue weighted by Crippen LogP contribution is -2.43. The van der Waals surface area contributed by atoms with Crippen molar-refractivity contribution in [2.45, 2.75) is 45.8 Å². The van der Waals surface area contributed by atoms with Crippen molar-refractivity contribution in [2.75, 3.05) is 18.4 Å². The molecule has 1 aromatic heterocycles. The van der Waals surface area contributed by atoms with Gasteiger partial charge in [-0.05, 0) is 63.4 Å². The summed E-state index contributed by atoms with van der Waals surface area (Å²) in [7, 11) is 0. The Kier molecular flexibility index (Phi) is 8.25. The number of nitrogens with zero attached hydrogens (tertiary/aromatic N) is 2. The third-order valence-electron chi connectivity index (χ3n) is 6.52. The van der Waals surface area contributed by atoms with Crippen molar-refractivity contribution >= 4 is 33.6 Å². The first-order valence-electron chi connectivity index (χ1n) is 12.5. The number of likely N-dealkylation sites (tertiary alicyclic amines) is 1. The highest BCUT2D eigenvalue weighted by Gasteiger charge is 2.47. The fraction of sp³-hybridized carbons (Fsp3) is 0.345. The summed E-state index contributed by atoms with van der Waals surface area (Å²) in [6.45, 7) is 5.73. The van der Waals surface area contributed by atoms with Gasteiger partial charge < -0.3 is 19.5 Å². The van der Waals surface area contributed by atoms with Gasteiger partial charge in [0.25, 0.3) is 5.56 Å². The molecule has 0 aliphatic carbocycles. The molecule has 1 unspecified atom stereocenters.